The third-order valence-corrected chi connectivity index (χ3v) is 7.80. The fourth-order valence-corrected chi connectivity index (χ4v) is 5.64. The summed E-state index contributed by atoms with van der Waals surface area (Å²) in [7, 11) is 1.94. The van der Waals surface area contributed by atoms with Gasteiger partial charge in [0.15, 0.2) is 0 Å². The first-order valence-corrected chi connectivity index (χ1v) is 15.3. The van der Waals surface area contributed by atoms with Gasteiger partial charge >= 0.3 is 0 Å². The number of anilines is 4. The number of fused-ring (bicyclic) bond motifs is 1. The van der Waals surface area contributed by atoms with Gasteiger partial charge in [-0.1, -0.05) is 32.0 Å². The number of nitrogens with one attached hydrogen (secondary N) is 1. The number of likely N-dealkylation sites (N-methyl/N-ethyl adjacent to an activating group) is 1. The Bertz CT molecular complexity index is 1400. The molecule has 1 saturated heterocycles. The first-order valence-electron chi connectivity index (χ1n) is 15.3. The minimum atomic E-state index is -0.131. The van der Waals surface area contributed by atoms with Gasteiger partial charge in [0.1, 0.15) is 17.1 Å². The van der Waals surface area contributed by atoms with E-state index in [-0.39, 0.29) is 5.91 Å². The predicted octanol–water partition coefficient (Wildman–Crippen LogP) is 5.20. The molecule has 4 N–H and O–H groups in total. The summed E-state index contributed by atoms with van der Waals surface area (Å²) in [5.74, 6) is 8.32. The Morgan fingerprint density at radius 2 is 1.86 bits per heavy atom. The van der Waals surface area contributed by atoms with Crippen LogP contribution in [0.1, 0.15) is 62.4 Å². The van der Waals surface area contributed by atoms with Crippen molar-refractivity contribution in [3.63, 3.8) is 0 Å². The van der Waals surface area contributed by atoms with Crippen LogP contribution in [-0.2, 0) is 0 Å². The van der Waals surface area contributed by atoms with Crippen LogP contribution in [0.3, 0.4) is 0 Å². The fraction of sp³-hybridized carbons (Fsp3) is 0.424. The van der Waals surface area contributed by atoms with Gasteiger partial charge in [0.2, 0.25) is 5.95 Å². The quantitative estimate of drug-likeness (QED) is 0.242. The largest absolute Gasteiger partial charge is 0.508 e. The molecule has 230 valence electrons. The number of rotatable bonds is 8. The number of nitrogens with zero attached hydrogens (tertiary/aromatic N) is 6. The highest BCUT2D eigenvalue weighted by atomic mass is 16.3. The molecular formula is C33H46N8O2. The van der Waals surface area contributed by atoms with Crippen molar-refractivity contribution in [1.29, 1.82) is 0 Å². The molecule has 2 aromatic carbocycles. The summed E-state index contributed by atoms with van der Waals surface area (Å²) in [6.07, 6.45) is 5.70. The Balaban J connectivity index is 0.00000207. The molecule has 0 radical (unpaired) electrons. The van der Waals surface area contributed by atoms with Crippen LogP contribution in [0, 0.1) is 0 Å². The second-order valence-electron chi connectivity index (χ2n) is 10.9. The average Bonchev–Trinajstić information content (AvgIpc) is 3.14. The van der Waals surface area contributed by atoms with E-state index >= 15 is 0 Å². The van der Waals surface area contributed by atoms with Crippen LogP contribution in [-0.4, -0.2) is 72.2 Å². The van der Waals surface area contributed by atoms with E-state index in [4.69, 9.17) is 5.84 Å². The lowest BCUT2D eigenvalue weighted by Crippen LogP contribution is -2.35. The van der Waals surface area contributed by atoms with E-state index in [9.17, 15) is 9.90 Å². The summed E-state index contributed by atoms with van der Waals surface area (Å²) in [6, 6.07) is 15.4. The number of phenolic OH excluding ortho intramolecular Hbond substituents is 1. The topological polar surface area (TPSA) is 114 Å². The fourth-order valence-electron chi connectivity index (χ4n) is 5.64. The molecule has 10 heteroatoms. The Morgan fingerprint density at radius 1 is 1.12 bits per heavy atom. The summed E-state index contributed by atoms with van der Waals surface area (Å²) < 4.78 is 0. The van der Waals surface area contributed by atoms with E-state index in [2.05, 4.69) is 33.2 Å². The number of hydrogen-bond acceptors (Lipinski definition) is 9. The summed E-state index contributed by atoms with van der Waals surface area (Å²) >= 11 is 0. The maximum absolute atomic E-state index is 13.6. The summed E-state index contributed by atoms with van der Waals surface area (Å²) in [5.41, 5.74) is 4.43. The van der Waals surface area contributed by atoms with Gasteiger partial charge in [-0.05, 0) is 87.2 Å². The van der Waals surface area contributed by atoms with Crippen molar-refractivity contribution in [2.45, 2.75) is 46.5 Å². The van der Waals surface area contributed by atoms with Crippen LogP contribution in [0.15, 0.2) is 66.5 Å². The molecular weight excluding hydrogens is 540 g/mol. The zero-order valence-electron chi connectivity index (χ0n) is 26.1. The molecule has 43 heavy (non-hydrogen) atoms. The zero-order valence-corrected chi connectivity index (χ0v) is 26.1. The molecule has 0 aliphatic carbocycles. The lowest BCUT2D eigenvalue weighted by Gasteiger charge is -2.32. The number of likely N-dealkylation sites (tertiary alicyclic amines) is 1. The summed E-state index contributed by atoms with van der Waals surface area (Å²) in [6.45, 7) is 12.8. The van der Waals surface area contributed by atoms with Crippen molar-refractivity contribution in [2.75, 3.05) is 66.4 Å². The van der Waals surface area contributed by atoms with Gasteiger partial charge in [0.05, 0.1) is 5.69 Å². The van der Waals surface area contributed by atoms with Crippen LogP contribution in [0.5, 0.6) is 5.75 Å². The number of aromatic hydroxyl groups is 1. The summed E-state index contributed by atoms with van der Waals surface area (Å²) in [4.78, 5) is 28.7. The summed E-state index contributed by atoms with van der Waals surface area (Å²) in [5, 5.41) is 14.6. The smallest absolute Gasteiger partial charge is 0.263 e. The highest BCUT2D eigenvalue weighted by Crippen LogP contribution is 2.31. The van der Waals surface area contributed by atoms with Crippen molar-refractivity contribution >= 4 is 29.0 Å². The molecule has 1 fully saturated rings. The lowest BCUT2D eigenvalue weighted by atomic mass is 9.89. The maximum Gasteiger partial charge on any atom is 0.263 e. The molecule has 1 amide bonds. The van der Waals surface area contributed by atoms with Crippen molar-refractivity contribution in [2.24, 2.45) is 5.84 Å². The predicted molar refractivity (Wildman–Crippen MR) is 176 cm³/mol. The third-order valence-electron chi connectivity index (χ3n) is 7.80. The SMILES string of the molecule is CC.CCNc1ncc2c(n1)N(C)CCN(c1cccc(N(N)/C=C(\C)CN3CCC(c4cccc(O)c4)CC3)c1)C2=O. The van der Waals surface area contributed by atoms with Crippen molar-refractivity contribution < 1.29 is 9.90 Å². The van der Waals surface area contributed by atoms with E-state index in [1.807, 2.05) is 75.3 Å². The standard InChI is InChI=1S/C31H40N8O2.C2H6/c1-4-33-31-34-19-28-29(35-31)36(3)15-16-38(30(28)41)25-8-6-9-26(18-25)39(32)21-22(2)20-37-13-11-23(12-14-37)24-7-5-10-27(40)17-24;1-2/h5-10,17-19,21,23,40H,4,11-16,20,32H2,1-3H3,(H,33,34,35);1-2H3/b22-21+;. The monoisotopic (exact) mass is 586 g/mol. The Morgan fingerprint density at radius 3 is 2.58 bits per heavy atom. The second-order valence-corrected chi connectivity index (χ2v) is 10.9. The van der Waals surface area contributed by atoms with Crippen LogP contribution >= 0.6 is 0 Å². The molecule has 2 aliphatic heterocycles. The molecule has 5 rings (SSSR count). The second kappa shape index (κ2) is 14.8. The van der Waals surface area contributed by atoms with Crippen molar-refractivity contribution in [1.82, 2.24) is 14.9 Å². The van der Waals surface area contributed by atoms with Crippen LogP contribution in [0.4, 0.5) is 23.1 Å². The van der Waals surface area contributed by atoms with Gasteiger partial charge in [-0.3, -0.25) is 14.7 Å². The van der Waals surface area contributed by atoms with Gasteiger partial charge < -0.3 is 20.2 Å². The first-order chi connectivity index (χ1) is 20.8. The van der Waals surface area contributed by atoms with E-state index in [0.717, 1.165) is 49.4 Å². The van der Waals surface area contributed by atoms with Gasteiger partial charge in [0.25, 0.3) is 5.91 Å². The number of nitrogens with two attached hydrogens (primary N) is 1. The number of amides is 1. The van der Waals surface area contributed by atoms with E-state index in [0.29, 0.717) is 48.6 Å². The van der Waals surface area contributed by atoms with E-state index in [1.165, 1.54) is 5.56 Å². The molecule has 0 saturated carbocycles. The number of hydrogen-bond donors (Lipinski definition) is 3. The molecule has 1 aromatic heterocycles. The molecule has 2 aliphatic rings. The number of hydrazine groups is 1. The van der Waals surface area contributed by atoms with Crippen molar-refractivity contribution in [3.8, 4) is 5.75 Å². The number of carbonyl (C=O) groups is 1. The molecule has 10 nitrogen and oxygen atoms in total. The molecule has 0 unspecified atom stereocenters. The van der Waals surface area contributed by atoms with Gasteiger partial charge in [-0.2, -0.15) is 4.98 Å². The highest BCUT2D eigenvalue weighted by molar-refractivity contribution is 6.10. The number of piperidine rings is 1. The first kappa shape index (κ1) is 31.8. The average molecular weight is 587 g/mol. The normalized spacial score (nSPS) is 16.2. The van der Waals surface area contributed by atoms with Gasteiger partial charge in [0, 0.05) is 51.3 Å². The minimum Gasteiger partial charge on any atom is -0.508 e. The lowest BCUT2D eigenvalue weighted by molar-refractivity contribution is 0.0989. The third kappa shape index (κ3) is 7.82. The number of phenols is 1. The number of carbonyl (C=O) groups excluding carboxylic acids is 1. The van der Waals surface area contributed by atoms with E-state index in [1.54, 1.807) is 22.2 Å². The number of aromatic nitrogens is 2. The maximum atomic E-state index is 13.6. The van der Waals surface area contributed by atoms with Crippen LogP contribution < -0.4 is 26.0 Å². The highest BCUT2D eigenvalue weighted by Gasteiger charge is 2.28. The number of benzene rings is 2. The van der Waals surface area contributed by atoms with Gasteiger partial charge in [-0.25, -0.2) is 10.8 Å². The van der Waals surface area contributed by atoms with Crippen LogP contribution in [0.25, 0.3) is 0 Å². The Hall–Kier alpha value is -4.15. The molecule has 0 spiro atoms. The van der Waals surface area contributed by atoms with Crippen LogP contribution in [0.2, 0.25) is 0 Å². The van der Waals surface area contributed by atoms with E-state index < -0.39 is 0 Å². The molecule has 3 aromatic rings. The Kier molecular flexibility index (Phi) is 11.0. The molecule has 0 bridgehead atoms. The molecule has 3 heterocycles. The zero-order chi connectivity index (χ0) is 30.9. The molecule has 0 atom stereocenters. The minimum absolute atomic E-state index is 0.131. The Labute approximate surface area is 255 Å². The van der Waals surface area contributed by atoms with Gasteiger partial charge in [-0.15, -0.1) is 0 Å². The van der Waals surface area contributed by atoms with Crippen molar-refractivity contribution in [3.05, 3.63) is 77.6 Å².